The van der Waals surface area contributed by atoms with E-state index in [0.717, 1.165) is 16.9 Å². The topological polar surface area (TPSA) is 54.7 Å². The summed E-state index contributed by atoms with van der Waals surface area (Å²) in [5.41, 5.74) is 2.88. The Bertz CT molecular complexity index is 566. The van der Waals surface area contributed by atoms with E-state index in [2.05, 4.69) is 5.32 Å². The first-order valence-corrected chi connectivity index (χ1v) is 6.12. The quantitative estimate of drug-likeness (QED) is 0.916. The molecule has 1 saturated heterocycles. The van der Waals surface area contributed by atoms with Gasteiger partial charge in [-0.2, -0.15) is 0 Å². The van der Waals surface area contributed by atoms with Crippen molar-refractivity contribution in [1.82, 2.24) is 0 Å². The highest BCUT2D eigenvalue weighted by Gasteiger charge is 2.23. The summed E-state index contributed by atoms with van der Waals surface area (Å²) < 4.78 is 9.95. The molecule has 0 saturated carbocycles. The van der Waals surface area contributed by atoms with Gasteiger partial charge < -0.3 is 14.5 Å². The van der Waals surface area contributed by atoms with Crippen molar-refractivity contribution >= 4 is 17.5 Å². The number of nitrogens with one attached hydrogen (secondary N) is 1. The van der Waals surface area contributed by atoms with Gasteiger partial charge in [-0.3, -0.25) is 4.90 Å². The molecule has 0 unspecified atom stereocenters. The van der Waals surface area contributed by atoms with Crippen molar-refractivity contribution in [2.75, 3.05) is 23.4 Å². The number of anilines is 2. The third kappa shape index (κ3) is 2.54. The number of hydrogen-bond donors (Lipinski definition) is 1. The zero-order valence-electron chi connectivity index (χ0n) is 10.3. The first-order chi connectivity index (χ1) is 9.33. The number of nitrogens with zero attached hydrogens (tertiary/aromatic N) is 1. The van der Waals surface area contributed by atoms with Gasteiger partial charge in [0.25, 0.3) is 0 Å². The number of furan rings is 1. The average Bonchev–Trinajstić information content (AvgIpc) is 3.08. The maximum Gasteiger partial charge on any atom is 0.414 e. The number of rotatable bonds is 4. The summed E-state index contributed by atoms with van der Waals surface area (Å²) >= 11 is 0. The van der Waals surface area contributed by atoms with Crippen LogP contribution in [0.5, 0.6) is 0 Å². The van der Waals surface area contributed by atoms with E-state index >= 15 is 0 Å². The van der Waals surface area contributed by atoms with Crippen LogP contribution in [0.15, 0.2) is 47.3 Å². The third-order valence-electron chi connectivity index (χ3n) is 3.00. The van der Waals surface area contributed by atoms with Crippen LogP contribution in [0.3, 0.4) is 0 Å². The largest absolute Gasteiger partial charge is 0.472 e. The lowest BCUT2D eigenvalue weighted by Crippen LogP contribution is -2.23. The Labute approximate surface area is 110 Å². The molecule has 1 aromatic carbocycles. The number of carbonyl (C=O) groups is 1. The van der Waals surface area contributed by atoms with Crippen molar-refractivity contribution in [2.45, 2.75) is 6.54 Å². The molecule has 1 aromatic heterocycles. The van der Waals surface area contributed by atoms with Crippen molar-refractivity contribution < 1.29 is 13.9 Å². The second kappa shape index (κ2) is 5.06. The summed E-state index contributed by atoms with van der Waals surface area (Å²) in [7, 11) is 0. The van der Waals surface area contributed by atoms with Gasteiger partial charge >= 0.3 is 6.09 Å². The van der Waals surface area contributed by atoms with Gasteiger partial charge in [-0.1, -0.05) is 6.07 Å². The van der Waals surface area contributed by atoms with Gasteiger partial charge in [0.15, 0.2) is 0 Å². The molecule has 2 aromatic rings. The van der Waals surface area contributed by atoms with Crippen LogP contribution in [0.1, 0.15) is 5.56 Å². The van der Waals surface area contributed by atoms with Gasteiger partial charge in [-0.25, -0.2) is 4.79 Å². The highest BCUT2D eigenvalue weighted by molar-refractivity contribution is 5.89. The molecule has 0 atom stereocenters. The SMILES string of the molecule is O=C1OCCN1c1cccc(NCc2ccoc2)c1. The molecule has 0 radical (unpaired) electrons. The second-order valence-electron chi connectivity index (χ2n) is 4.30. The van der Waals surface area contributed by atoms with Crippen LogP contribution in [-0.2, 0) is 11.3 Å². The molecule has 0 aliphatic carbocycles. The first kappa shape index (κ1) is 11.6. The number of amides is 1. The fourth-order valence-corrected chi connectivity index (χ4v) is 2.01. The Morgan fingerprint density at radius 1 is 1.32 bits per heavy atom. The molecular formula is C14H14N2O3. The zero-order valence-corrected chi connectivity index (χ0v) is 10.3. The molecule has 1 N–H and O–H groups in total. The molecule has 1 aliphatic heterocycles. The number of carbonyl (C=O) groups excluding carboxylic acids is 1. The molecule has 1 amide bonds. The lowest BCUT2D eigenvalue weighted by atomic mass is 10.2. The maximum atomic E-state index is 11.5. The molecule has 5 heteroatoms. The van der Waals surface area contributed by atoms with Gasteiger partial charge in [-0.15, -0.1) is 0 Å². The van der Waals surface area contributed by atoms with Crippen molar-refractivity contribution in [1.29, 1.82) is 0 Å². The van der Waals surface area contributed by atoms with Gasteiger partial charge in [0, 0.05) is 23.5 Å². The van der Waals surface area contributed by atoms with Crippen molar-refractivity contribution in [3.63, 3.8) is 0 Å². The van der Waals surface area contributed by atoms with E-state index in [1.54, 1.807) is 17.4 Å². The number of hydrogen-bond acceptors (Lipinski definition) is 4. The highest BCUT2D eigenvalue weighted by atomic mass is 16.6. The minimum atomic E-state index is -0.285. The van der Waals surface area contributed by atoms with Gasteiger partial charge in [-0.05, 0) is 24.3 Å². The molecule has 19 heavy (non-hydrogen) atoms. The Morgan fingerprint density at radius 3 is 3.00 bits per heavy atom. The van der Waals surface area contributed by atoms with E-state index in [4.69, 9.17) is 9.15 Å². The first-order valence-electron chi connectivity index (χ1n) is 6.12. The number of benzene rings is 1. The summed E-state index contributed by atoms with van der Waals surface area (Å²) in [5, 5.41) is 3.29. The van der Waals surface area contributed by atoms with E-state index in [1.165, 1.54) is 0 Å². The maximum absolute atomic E-state index is 11.5. The van der Waals surface area contributed by atoms with E-state index in [1.807, 2.05) is 30.3 Å². The molecular weight excluding hydrogens is 244 g/mol. The fourth-order valence-electron chi connectivity index (χ4n) is 2.01. The number of ether oxygens (including phenoxy) is 1. The summed E-state index contributed by atoms with van der Waals surface area (Å²) in [6.07, 6.45) is 3.06. The normalized spacial score (nSPS) is 14.5. The van der Waals surface area contributed by atoms with E-state index < -0.39 is 0 Å². The van der Waals surface area contributed by atoms with Crippen molar-refractivity contribution in [3.8, 4) is 0 Å². The predicted octanol–water partition coefficient (Wildman–Crippen LogP) is 2.85. The minimum Gasteiger partial charge on any atom is -0.472 e. The summed E-state index contributed by atoms with van der Waals surface area (Å²) in [6.45, 7) is 1.74. The van der Waals surface area contributed by atoms with Crippen molar-refractivity contribution in [2.24, 2.45) is 0 Å². The van der Waals surface area contributed by atoms with Crippen LogP contribution in [0.2, 0.25) is 0 Å². The van der Waals surface area contributed by atoms with E-state index in [9.17, 15) is 4.79 Å². The lowest BCUT2D eigenvalue weighted by molar-refractivity contribution is 0.181. The average molecular weight is 258 g/mol. The molecule has 1 fully saturated rings. The van der Waals surface area contributed by atoms with Crippen LogP contribution < -0.4 is 10.2 Å². The highest BCUT2D eigenvalue weighted by Crippen LogP contribution is 2.22. The van der Waals surface area contributed by atoms with Crippen LogP contribution in [0.4, 0.5) is 16.2 Å². The third-order valence-corrected chi connectivity index (χ3v) is 3.00. The standard InChI is InChI=1S/C14H14N2O3/c17-14-16(5-7-19-14)13-3-1-2-12(8-13)15-9-11-4-6-18-10-11/h1-4,6,8,10,15H,5,7,9H2. The summed E-state index contributed by atoms with van der Waals surface area (Å²) in [6, 6.07) is 9.63. The van der Waals surface area contributed by atoms with Gasteiger partial charge in [0.1, 0.15) is 6.61 Å². The monoisotopic (exact) mass is 258 g/mol. The molecule has 2 heterocycles. The number of cyclic esters (lactones) is 1. The fraction of sp³-hybridized carbons (Fsp3) is 0.214. The van der Waals surface area contributed by atoms with E-state index in [-0.39, 0.29) is 6.09 Å². The Kier molecular flexibility index (Phi) is 3.10. The van der Waals surface area contributed by atoms with Crippen LogP contribution >= 0.6 is 0 Å². The smallest absolute Gasteiger partial charge is 0.414 e. The van der Waals surface area contributed by atoms with Gasteiger partial charge in [0.2, 0.25) is 0 Å². The molecule has 5 nitrogen and oxygen atoms in total. The molecule has 1 aliphatic rings. The van der Waals surface area contributed by atoms with Gasteiger partial charge in [0.05, 0.1) is 19.1 Å². The Morgan fingerprint density at radius 2 is 2.26 bits per heavy atom. The van der Waals surface area contributed by atoms with Crippen molar-refractivity contribution in [3.05, 3.63) is 48.4 Å². The predicted molar refractivity (Wildman–Crippen MR) is 71.2 cm³/mol. The minimum absolute atomic E-state index is 0.285. The molecule has 98 valence electrons. The molecule has 3 rings (SSSR count). The molecule has 0 bridgehead atoms. The summed E-state index contributed by atoms with van der Waals surface area (Å²) in [5.74, 6) is 0. The Hall–Kier alpha value is -2.43. The summed E-state index contributed by atoms with van der Waals surface area (Å²) in [4.78, 5) is 13.1. The zero-order chi connectivity index (χ0) is 13.1. The van der Waals surface area contributed by atoms with E-state index in [0.29, 0.717) is 19.7 Å². The van der Waals surface area contributed by atoms with Crippen LogP contribution in [0, 0.1) is 0 Å². The Balaban J connectivity index is 1.71. The second-order valence-corrected chi connectivity index (χ2v) is 4.30. The lowest BCUT2D eigenvalue weighted by Gasteiger charge is -2.14. The molecule has 0 spiro atoms. The van der Waals surface area contributed by atoms with Crippen LogP contribution in [0.25, 0.3) is 0 Å². The van der Waals surface area contributed by atoms with Crippen LogP contribution in [-0.4, -0.2) is 19.2 Å².